The average Bonchev–Trinajstić information content (AvgIpc) is 2.93. The standard InChI is InChI=1S/C17H20N2O3S/c1-10(2)15(17(21)22)19-14(20)8-13-9-23-16(18-13)12-6-4-11(3)5-7-12/h4-7,9-10,15H,8H2,1-3H3,(H,19,20)(H,21,22). The number of carboxylic acids is 1. The summed E-state index contributed by atoms with van der Waals surface area (Å²) < 4.78 is 0. The molecule has 5 nitrogen and oxygen atoms in total. The molecule has 2 N–H and O–H groups in total. The number of nitrogens with one attached hydrogen (secondary N) is 1. The fourth-order valence-corrected chi connectivity index (χ4v) is 2.95. The number of hydrogen-bond acceptors (Lipinski definition) is 4. The van der Waals surface area contributed by atoms with Crippen molar-refractivity contribution >= 4 is 23.2 Å². The molecule has 0 bridgehead atoms. The maximum atomic E-state index is 12.0. The highest BCUT2D eigenvalue weighted by atomic mass is 32.1. The molecular formula is C17H20N2O3S. The Bertz CT molecular complexity index is 692. The topological polar surface area (TPSA) is 79.3 Å². The Balaban J connectivity index is 2.02. The molecular weight excluding hydrogens is 312 g/mol. The minimum atomic E-state index is -1.02. The van der Waals surface area contributed by atoms with E-state index < -0.39 is 12.0 Å². The molecule has 0 radical (unpaired) electrons. The smallest absolute Gasteiger partial charge is 0.326 e. The number of aryl methyl sites for hydroxylation is 1. The lowest BCUT2D eigenvalue weighted by atomic mass is 10.0. The SMILES string of the molecule is Cc1ccc(-c2nc(CC(=O)NC(C(=O)O)C(C)C)cs2)cc1. The number of benzene rings is 1. The van der Waals surface area contributed by atoms with Crippen molar-refractivity contribution in [1.82, 2.24) is 10.3 Å². The molecule has 2 aromatic rings. The van der Waals surface area contributed by atoms with E-state index in [0.717, 1.165) is 10.6 Å². The first kappa shape index (κ1) is 17.1. The molecule has 0 saturated carbocycles. The maximum absolute atomic E-state index is 12.0. The van der Waals surface area contributed by atoms with Crippen LogP contribution in [0.3, 0.4) is 0 Å². The first-order valence-corrected chi connectivity index (χ1v) is 8.28. The molecule has 122 valence electrons. The summed E-state index contributed by atoms with van der Waals surface area (Å²) >= 11 is 1.47. The Morgan fingerprint density at radius 1 is 1.26 bits per heavy atom. The van der Waals surface area contributed by atoms with Crippen molar-refractivity contribution in [1.29, 1.82) is 0 Å². The van der Waals surface area contributed by atoms with Gasteiger partial charge in [0.25, 0.3) is 0 Å². The highest BCUT2D eigenvalue weighted by Gasteiger charge is 2.23. The van der Waals surface area contributed by atoms with Crippen molar-refractivity contribution in [2.75, 3.05) is 0 Å². The van der Waals surface area contributed by atoms with Gasteiger partial charge in [-0.3, -0.25) is 4.79 Å². The van der Waals surface area contributed by atoms with Gasteiger partial charge in [-0.05, 0) is 12.8 Å². The number of aliphatic carboxylic acids is 1. The molecule has 2 rings (SSSR count). The zero-order chi connectivity index (χ0) is 17.0. The minimum absolute atomic E-state index is 0.0822. The summed E-state index contributed by atoms with van der Waals surface area (Å²) in [4.78, 5) is 27.6. The van der Waals surface area contributed by atoms with Gasteiger partial charge in [-0.15, -0.1) is 11.3 Å². The van der Waals surface area contributed by atoms with Gasteiger partial charge in [0.05, 0.1) is 12.1 Å². The lowest BCUT2D eigenvalue weighted by Gasteiger charge is -2.17. The second kappa shape index (κ2) is 7.37. The number of amides is 1. The molecule has 0 spiro atoms. The number of carbonyl (C=O) groups excluding carboxylic acids is 1. The van der Waals surface area contributed by atoms with Crippen molar-refractivity contribution in [3.05, 3.63) is 40.9 Å². The van der Waals surface area contributed by atoms with Gasteiger partial charge in [0, 0.05) is 10.9 Å². The van der Waals surface area contributed by atoms with Gasteiger partial charge in [0.2, 0.25) is 5.91 Å². The number of nitrogens with zero attached hydrogens (tertiary/aromatic N) is 1. The van der Waals surface area contributed by atoms with Gasteiger partial charge < -0.3 is 10.4 Å². The zero-order valence-corrected chi connectivity index (χ0v) is 14.2. The van der Waals surface area contributed by atoms with Crippen molar-refractivity contribution < 1.29 is 14.7 Å². The molecule has 0 aliphatic carbocycles. The molecule has 23 heavy (non-hydrogen) atoms. The fourth-order valence-electron chi connectivity index (χ4n) is 2.12. The van der Waals surface area contributed by atoms with Crippen LogP contribution in [0.4, 0.5) is 0 Å². The Hall–Kier alpha value is -2.21. The molecule has 1 heterocycles. The summed E-state index contributed by atoms with van der Waals surface area (Å²) in [5.41, 5.74) is 2.84. The third-order valence-corrected chi connectivity index (χ3v) is 4.38. The molecule has 1 aromatic heterocycles. The predicted octanol–water partition coefficient (Wildman–Crippen LogP) is 2.89. The highest BCUT2D eigenvalue weighted by molar-refractivity contribution is 7.13. The quantitative estimate of drug-likeness (QED) is 0.852. The average molecular weight is 332 g/mol. The van der Waals surface area contributed by atoms with Gasteiger partial charge in [0.15, 0.2) is 0 Å². The molecule has 0 aliphatic heterocycles. The van der Waals surface area contributed by atoms with E-state index in [-0.39, 0.29) is 18.2 Å². The summed E-state index contributed by atoms with van der Waals surface area (Å²) in [6.45, 7) is 5.55. The van der Waals surface area contributed by atoms with Crippen LogP contribution in [0.2, 0.25) is 0 Å². The van der Waals surface area contributed by atoms with Crippen molar-refractivity contribution in [3.8, 4) is 10.6 Å². The number of aromatic nitrogens is 1. The van der Waals surface area contributed by atoms with Crippen molar-refractivity contribution in [2.24, 2.45) is 5.92 Å². The van der Waals surface area contributed by atoms with Gasteiger partial charge in [0.1, 0.15) is 11.0 Å². The highest BCUT2D eigenvalue weighted by Crippen LogP contribution is 2.24. The number of carboxylic acid groups (broad SMARTS) is 1. The van der Waals surface area contributed by atoms with E-state index in [1.165, 1.54) is 16.9 Å². The van der Waals surface area contributed by atoms with Gasteiger partial charge >= 0.3 is 5.97 Å². The molecule has 0 fully saturated rings. The number of rotatable bonds is 6. The third-order valence-electron chi connectivity index (χ3n) is 3.44. The Morgan fingerprint density at radius 2 is 1.91 bits per heavy atom. The van der Waals surface area contributed by atoms with Crippen LogP contribution in [0.1, 0.15) is 25.1 Å². The number of hydrogen-bond donors (Lipinski definition) is 2. The summed E-state index contributed by atoms with van der Waals surface area (Å²) in [7, 11) is 0. The van der Waals surface area contributed by atoms with E-state index in [2.05, 4.69) is 10.3 Å². The normalized spacial score (nSPS) is 12.2. The molecule has 1 aromatic carbocycles. The monoisotopic (exact) mass is 332 g/mol. The molecule has 0 saturated heterocycles. The molecule has 1 amide bonds. The summed E-state index contributed by atoms with van der Waals surface area (Å²) in [5.74, 6) is -1.52. The van der Waals surface area contributed by atoms with Crippen LogP contribution >= 0.6 is 11.3 Å². The van der Waals surface area contributed by atoms with E-state index in [1.54, 1.807) is 13.8 Å². The van der Waals surface area contributed by atoms with E-state index in [4.69, 9.17) is 5.11 Å². The van der Waals surface area contributed by atoms with E-state index >= 15 is 0 Å². The van der Waals surface area contributed by atoms with Crippen LogP contribution < -0.4 is 5.32 Å². The van der Waals surface area contributed by atoms with Gasteiger partial charge in [-0.25, -0.2) is 9.78 Å². The van der Waals surface area contributed by atoms with E-state index in [1.807, 2.05) is 36.6 Å². The molecule has 1 unspecified atom stereocenters. The van der Waals surface area contributed by atoms with Gasteiger partial charge in [-0.1, -0.05) is 43.7 Å². The van der Waals surface area contributed by atoms with Crippen LogP contribution in [-0.4, -0.2) is 28.0 Å². The summed E-state index contributed by atoms with van der Waals surface area (Å²) in [5, 5.41) is 14.3. The Labute approximate surface area is 139 Å². The Kier molecular flexibility index (Phi) is 5.50. The number of thiazole rings is 1. The zero-order valence-electron chi connectivity index (χ0n) is 13.4. The predicted molar refractivity (Wildman–Crippen MR) is 90.4 cm³/mol. The first-order valence-electron chi connectivity index (χ1n) is 7.40. The second-order valence-electron chi connectivity index (χ2n) is 5.81. The van der Waals surface area contributed by atoms with Crippen LogP contribution in [-0.2, 0) is 16.0 Å². The van der Waals surface area contributed by atoms with Crippen LogP contribution in [0.15, 0.2) is 29.6 Å². The van der Waals surface area contributed by atoms with E-state index in [9.17, 15) is 9.59 Å². The lowest BCUT2D eigenvalue weighted by Crippen LogP contribution is -2.44. The molecule has 0 aliphatic rings. The van der Waals surface area contributed by atoms with Gasteiger partial charge in [-0.2, -0.15) is 0 Å². The summed E-state index contributed by atoms with van der Waals surface area (Å²) in [6, 6.07) is 7.15. The second-order valence-corrected chi connectivity index (χ2v) is 6.67. The Morgan fingerprint density at radius 3 is 2.48 bits per heavy atom. The molecule has 6 heteroatoms. The minimum Gasteiger partial charge on any atom is -0.480 e. The first-order chi connectivity index (χ1) is 10.9. The third kappa shape index (κ3) is 4.63. The summed E-state index contributed by atoms with van der Waals surface area (Å²) in [6.07, 6.45) is 0.0822. The lowest BCUT2D eigenvalue weighted by molar-refractivity contribution is -0.143. The van der Waals surface area contributed by atoms with Crippen molar-refractivity contribution in [3.63, 3.8) is 0 Å². The number of carbonyl (C=O) groups is 2. The van der Waals surface area contributed by atoms with Crippen LogP contribution in [0, 0.1) is 12.8 Å². The van der Waals surface area contributed by atoms with Crippen LogP contribution in [0.5, 0.6) is 0 Å². The van der Waals surface area contributed by atoms with E-state index in [0.29, 0.717) is 5.69 Å². The molecule has 1 atom stereocenters. The largest absolute Gasteiger partial charge is 0.480 e. The van der Waals surface area contributed by atoms with Crippen molar-refractivity contribution in [2.45, 2.75) is 33.2 Å². The maximum Gasteiger partial charge on any atom is 0.326 e. The van der Waals surface area contributed by atoms with Crippen LogP contribution in [0.25, 0.3) is 10.6 Å². The fraction of sp³-hybridized carbons (Fsp3) is 0.353.